The van der Waals surface area contributed by atoms with Gasteiger partial charge in [0.25, 0.3) is 5.82 Å². The average Bonchev–Trinajstić information content (AvgIpc) is 3.65. The number of rotatable bonds is 4. The molecule has 4 aromatic rings. The van der Waals surface area contributed by atoms with Gasteiger partial charge in [-0.25, -0.2) is 0 Å². The Hall–Kier alpha value is -3.13. The quantitative estimate of drug-likeness (QED) is 0.256. The van der Waals surface area contributed by atoms with E-state index in [1.165, 1.54) is 91.8 Å². The second kappa shape index (κ2) is 9.01. The van der Waals surface area contributed by atoms with E-state index in [1.807, 2.05) is 0 Å². The third-order valence-electron chi connectivity index (χ3n) is 9.94. The number of para-hydroxylation sites is 2. The van der Waals surface area contributed by atoms with Crippen molar-refractivity contribution in [3.63, 3.8) is 0 Å². The first-order valence-electron chi connectivity index (χ1n) is 14.6. The van der Waals surface area contributed by atoms with Crippen LogP contribution < -0.4 is 4.57 Å². The topological polar surface area (TPSA) is 8.81 Å². The molecule has 1 atom stereocenters. The van der Waals surface area contributed by atoms with Gasteiger partial charge in [-0.1, -0.05) is 86.7 Å². The zero-order valence-electron chi connectivity index (χ0n) is 22.4. The van der Waals surface area contributed by atoms with Gasteiger partial charge in [0, 0.05) is 12.5 Å². The lowest BCUT2D eigenvalue weighted by Gasteiger charge is -2.43. The molecule has 0 spiro atoms. The highest BCUT2D eigenvalue weighted by Gasteiger charge is 2.60. The summed E-state index contributed by atoms with van der Waals surface area (Å²) in [5.74, 6) is 2.75. The number of imidazole rings is 1. The molecule has 2 heterocycles. The Kier molecular flexibility index (Phi) is 5.61. The molecule has 1 aliphatic heterocycles. The van der Waals surface area contributed by atoms with Gasteiger partial charge >= 0.3 is 0 Å². The molecule has 3 aliphatic rings. The number of nitrogens with zero attached hydrogens (tertiary/aromatic N) is 2. The Balaban J connectivity index is 1.63. The Labute approximate surface area is 222 Å². The summed E-state index contributed by atoms with van der Waals surface area (Å²) in [5.41, 5.74) is 10.1. The number of aromatic nitrogens is 2. The molecule has 37 heavy (non-hydrogen) atoms. The molecule has 7 rings (SSSR count). The summed E-state index contributed by atoms with van der Waals surface area (Å²) in [6.45, 7) is 4.68. The van der Waals surface area contributed by atoms with Crippen LogP contribution in [0.3, 0.4) is 0 Å². The summed E-state index contributed by atoms with van der Waals surface area (Å²) >= 11 is 0. The summed E-state index contributed by atoms with van der Waals surface area (Å²) in [6.07, 6.45) is 12.4. The molecule has 0 saturated heterocycles. The van der Waals surface area contributed by atoms with Crippen LogP contribution in [0.15, 0.2) is 78.9 Å². The van der Waals surface area contributed by atoms with Gasteiger partial charge in [0.05, 0.1) is 11.0 Å². The standard InChI is InChI=1S/C35H39N2/c1-25-15-9-13-23-31(25)36-26(2)33-35(29-20-10-11-21-29,28-18-7-4-8-19-28)30-22-12-14-24-32(30)37(33)34(36)27-16-5-3-6-17-27/h3,5-6,9,12-17,22-24,28-29H,4,7-8,10-11,18-21H2,1-2H3/q+1. The van der Waals surface area contributed by atoms with Crippen molar-refractivity contribution >= 4 is 0 Å². The molecule has 2 saturated carbocycles. The normalized spacial score (nSPS) is 21.8. The summed E-state index contributed by atoms with van der Waals surface area (Å²) in [5, 5.41) is 0. The molecular formula is C35H39N2+. The fourth-order valence-electron chi connectivity index (χ4n) is 8.55. The molecule has 2 heteroatoms. The second-order valence-corrected chi connectivity index (χ2v) is 11.8. The molecule has 0 radical (unpaired) electrons. The van der Waals surface area contributed by atoms with Gasteiger partial charge in [-0.2, -0.15) is 9.13 Å². The highest BCUT2D eigenvalue weighted by molar-refractivity contribution is 5.64. The van der Waals surface area contributed by atoms with Gasteiger partial charge in [0.1, 0.15) is 11.4 Å². The molecular weight excluding hydrogens is 448 g/mol. The largest absolute Gasteiger partial charge is 0.299 e. The number of benzene rings is 3. The van der Waals surface area contributed by atoms with E-state index < -0.39 is 0 Å². The van der Waals surface area contributed by atoms with E-state index in [4.69, 9.17) is 0 Å². The Morgan fingerprint density at radius 1 is 0.676 bits per heavy atom. The van der Waals surface area contributed by atoms with Crippen molar-refractivity contribution in [2.24, 2.45) is 11.8 Å². The van der Waals surface area contributed by atoms with Crippen molar-refractivity contribution in [3.8, 4) is 22.8 Å². The first-order valence-corrected chi connectivity index (χ1v) is 14.6. The van der Waals surface area contributed by atoms with Crippen LogP contribution in [-0.4, -0.2) is 4.57 Å². The highest BCUT2D eigenvalue weighted by Crippen LogP contribution is 2.59. The van der Waals surface area contributed by atoms with Gasteiger partial charge in [-0.3, -0.25) is 0 Å². The monoisotopic (exact) mass is 487 g/mol. The van der Waals surface area contributed by atoms with Crippen LogP contribution in [0.2, 0.25) is 0 Å². The molecule has 2 aliphatic carbocycles. The fourth-order valence-corrected chi connectivity index (χ4v) is 8.55. The zero-order valence-corrected chi connectivity index (χ0v) is 22.4. The van der Waals surface area contributed by atoms with E-state index in [0.29, 0.717) is 5.92 Å². The van der Waals surface area contributed by atoms with Gasteiger partial charge in [-0.15, -0.1) is 0 Å². The summed E-state index contributed by atoms with van der Waals surface area (Å²) < 4.78 is 5.31. The van der Waals surface area contributed by atoms with E-state index >= 15 is 0 Å². The SMILES string of the molecule is Cc1ccccc1-n1c(C)c2[n+](c1-c1ccccc1)-c1ccccc1C2(C1CCCCC1)C1CCCC1. The third kappa shape index (κ3) is 3.27. The van der Waals surface area contributed by atoms with Crippen molar-refractivity contribution in [3.05, 3.63) is 101 Å². The molecule has 1 unspecified atom stereocenters. The first kappa shape index (κ1) is 23.0. The van der Waals surface area contributed by atoms with Crippen LogP contribution in [0.25, 0.3) is 22.8 Å². The van der Waals surface area contributed by atoms with Crippen molar-refractivity contribution in [2.75, 3.05) is 0 Å². The Morgan fingerprint density at radius 2 is 1.27 bits per heavy atom. The molecule has 3 aromatic carbocycles. The smallest absolute Gasteiger partial charge is 0.192 e. The molecule has 2 nitrogen and oxygen atoms in total. The molecule has 1 aromatic heterocycles. The van der Waals surface area contributed by atoms with Crippen molar-refractivity contribution in [2.45, 2.75) is 77.0 Å². The predicted octanol–water partition coefficient (Wildman–Crippen LogP) is 8.41. The van der Waals surface area contributed by atoms with Crippen LogP contribution in [0, 0.1) is 25.7 Å². The molecule has 188 valence electrons. The minimum Gasteiger partial charge on any atom is -0.192 e. The predicted molar refractivity (Wildman–Crippen MR) is 152 cm³/mol. The van der Waals surface area contributed by atoms with Gasteiger partial charge < -0.3 is 0 Å². The fraction of sp³-hybridized carbons (Fsp3) is 0.400. The van der Waals surface area contributed by atoms with Crippen molar-refractivity contribution in [1.29, 1.82) is 0 Å². The van der Waals surface area contributed by atoms with Crippen LogP contribution in [0.5, 0.6) is 0 Å². The van der Waals surface area contributed by atoms with E-state index in [-0.39, 0.29) is 5.41 Å². The first-order chi connectivity index (χ1) is 18.2. The summed E-state index contributed by atoms with van der Waals surface area (Å²) in [6, 6.07) is 29.6. The van der Waals surface area contributed by atoms with Crippen LogP contribution in [0.4, 0.5) is 0 Å². The maximum absolute atomic E-state index is 2.71. The van der Waals surface area contributed by atoms with E-state index in [9.17, 15) is 0 Å². The lowest BCUT2D eigenvalue weighted by atomic mass is 9.57. The van der Waals surface area contributed by atoms with E-state index in [0.717, 1.165) is 5.92 Å². The van der Waals surface area contributed by atoms with Gasteiger partial charge in [0.2, 0.25) is 0 Å². The van der Waals surface area contributed by atoms with E-state index in [1.54, 1.807) is 11.3 Å². The van der Waals surface area contributed by atoms with Crippen LogP contribution in [0.1, 0.15) is 80.3 Å². The molecule has 0 bridgehead atoms. The van der Waals surface area contributed by atoms with Crippen LogP contribution in [-0.2, 0) is 5.41 Å². The highest BCUT2D eigenvalue weighted by atomic mass is 15.2. The lowest BCUT2D eigenvalue weighted by Crippen LogP contribution is -2.45. The Bertz CT molecular complexity index is 1430. The number of hydrogen-bond acceptors (Lipinski definition) is 0. The van der Waals surface area contributed by atoms with Crippen LogP contribution >= 0.6 is 0 Å². The maximum atomic E-state index is 2.71. The number of fused-ring (bicyclic) bond motifs is 3. The van der Waals surface area contributed by atoms with Crippen molar-refractivity contribution < 1.29 is 4.57 Å². The lowest BCUT2D eigenvalue weighted by molar-refractivity contribution is -0.588. The molecule has 0 N–H and O–H groups in total. The number of hydrogen-bond donors (Lipinski definition) is 0. The molecule has 0 amide bonds. The second-order valence-electron chi connectivity index (χ2n) is 11.8. The minimum atomic E-state index is 0.106. The summed E-state index contributed by atoms with van der Waals surface area (Å²) in [4.78, 5) is 0. The zero-order chi connectivity index (χ0) is 25.0. The average molecular weight is 488 g/mol. The number of aryl methyl sites for hydroxylation is 1. The molecule has 2 fully saturated rings. The Morgan fingerprint density at radius 3 is 1.97 bits per heavy atom. The minimum absolute atomic E-state index is 0.106. The summed E-state index contributed by atoms with van der Waals surface area (Å²) in [7, 11) is 0. The third-order valence-corrected chi connectivity index (χ3v) is 9.94. The van der Waals surface area contributed by atoms with Crippen molar-refractivity contribution in [1.82, 2.24) is 4.57 Å². The van der Waals surface area contributed by atoms with Gasteiger partial charge in [-0.05, 0) is 74.3 Å². The van der Waals surface area contributed by atoms with E-state index in [2.05, 4.69) is 102 Å². The van der Waals surface area contributed by atoms with Gasteiger partial charge in [0.15, 0.2) is 11.4 Å². The maximum Gasteiger partial charge on any atom is 0.299 e.